The third-order valence-corrected chi connectivity index (χ3v) is 3.85. The molecule has 0 spiro atoms. The smallest absolute Gasteiger partial charge is 0.265 e. The number of ether oxygens (including phenoxy) is 2. The van der Waals surface area contributed by atoms with E-state index in [-0.39, 0.29) is 25.2 Å². The standard InChI is InChI=1S/C19H19N3O5/c1-12(14-5-8-16-17(9-14)26-11-25-16)22-27-10-18(23)21-15-6-3-13(4-7-15)19(24)20-2/h3-9H,10-11H2,1-2H3,(H,20,24)(H,21,23)/b22-12-. The summed E-state index contributed by atoms with van der Waals surface area (Å²) in [5.74, 6) is 0.795. The molecule has 2 N–H and O–H groups in total. The molecule has 2 aromatic carbocycles. The maximum atomic E-state index is 11.9. The molecule has 8 heteroatoms. The minimum atomic E-state index is -0.357. The van der Waals surface area contributed by atoms with Gasteiger partial charge in [-0.3, -0.25) is 9.59 Å². The molecule has 0 saturated carbocycles. The van der Waals surface area contributed by atoms with Gasteiger partial charge in [-0.1, -0.05) is 5.16 Å². The van der Waals surface area contributed by atoms with Crippen molar-refractivity contribution in [3.63, 3.8) is 0 Å². The number of carbonyl (C=O) groups excluding carboxylic acids is 2. The van der Waals surface area contributed by atoms with E-state index in [1.54, 1.807) is 50.4 Å². The first-order chi connectivity index (χ1) is 13.1. The minimum Gasteiger partial charge on any atom is -0.454 e. The largest absolute Gasteiger partial charge is 0.454 e. The summed E-state index contributed by atoms with van der Waals surface area (Å²) in [5, 5.41) is 9.16. The monoisotopic (exact) mass is 369 g/mol. The fourth-order valence-electron chi connectivity index (χ4n) is 2.41. The molecule has 0 bridgehead atoms. The summed E-state index contributed by atoms with van der Waals surface area (Å²) in [5.41, 5.74) is 2.49. The van der Waals surface area contributed by atoms with Crippen LogP contribution in [0, 0.1) is 0 Å². The van der Waals surface area contributed by atoms with Crippen molar-refractivity contribution in [2.24, 2.45) is 5.16 Å². The van der Waals surface area contributed by atoms with Crippen LogP contribution in [-0.4, -0.2) is 38.0 Å². The first-order valence-electron chi connectivity index (χ1n) is 8.25. The van der Waals surface area contributed by atoms with Gasteiger partial charge in [-0.05, 0) is 49.4 Å². The lowest BCUT2D eigenvalue weighted by atomic mass is 10.1. The number of rotatable bonds is 6. The second kappa shape index (κ2) is 8.22. The molecule has 1 aliphatic rings. The average Bonchev–Trinajstić information content (AvgIpc) is 3.15. The van der Waals surface area contributed by atoms with Crippen LogP contribution in [0.1, 0.15) is 22.8 Å². The van der Waals surface area contributed by atoms with E-state index < -0.39 is 0 Å². The average molecular weight is 369 g/mol. The Balaban J connectivity index is 1.51. The van der Waals surface area contributed by atoms with Gasteiger partial charge < -0.3 is 24.9 Å². The van der Waals surface area contributed by atoms with Crippen LogP contribution in [-0.2, 0) is 9.63 Å². The van der Waals surface area contributed by atoms with Crippen LogP contribution < -0.4 is 20.1 Å². The molecule has 0 radical (unpaired) electrons. The Morgan fingerprint density at radius 2 is 1.78 bits per heavy atom. The van der Waals surface area contributed by atoms with Gasteiger partial charge in [0.25, 0.3) is 11.8 Å². The number of carbonyl (C=O) groups is 2. The highest BCUT2D eigenvalue weighted by Gasteiger charge is 2.14. The van der Waals surface area contributed by atoms with Crippen molar-refractivity contribution < 1.29 is 23.9 Å². The van der Waals surface area contributed by atoms with Crippen molar-refractivity contribution >= 4 is 23.2 Å². The normalized spacial score (nSPS) is 12.4. The lowest BCUT2D eigenvalue weighted by Crippen LogP contribution is -2.19. The molecule has 2 amide bonds. The molecule has 140 valence electrons. The fraction of sp³-hybridized carbons (Fsp3) is 0.211. The summed E-state index contributed by atoms with van der Waals surface area (Å²) in [6.07, 6.45) is 0. The number of fused-ring (bicyclic) bond motifs is 1. The summed E-state index contributed by atoms with van der Waals surface area (Å²) >= 11 is 0. The molecule has 0 fully saturated rings. The Hall–Kier alpha value is -3.55. The van der Waals surface area contributed by atoms with Gasteiger partial charge in [0.15, 0.2) is 18.1 Å². The topological polar surface area (TPSA) is 98.3 Å². The minimum absolute atomic E-state index is 0.190. The van der Waals surface area contributed by atoms with E-state index in [1.165, 1.54) is 0 Å². The second-order valence-corrected chi connectivity index (χ2v) is 5.72. The third kappa shape index (κ3) is 4.55. The highest BCUT2D eigenvalue weighted by Crippen LogP contribution is 2.32. The first kappa shape index (κ1) is 18.2. The number of nitrogens with zero attached hydrogens (tertiary/aromatic N) is 1. The predicted octanol–water partition coefficient (Wildman–Crippen LogP) is 2.15. The van der Waals surface area contributed by atoms with Gasteiger partial charge in [0.05, 0.1) is 5.71 Å². The van der Waals surface area contributed by atoms with Crippen molar-refractivity contribution in [3.05, 3.63) is 53.6 Å². The summed E-state index contributed by atoms with van der Waals surface area (Å²) in [6, 6.07) is 12.0. The van der Waals surface area contributed by atoms with E-state index in [4.69, 9.17) is 14.3 Å². The van der Waals surface area contributed by atoms with E-state index in [2.05, 4.69) is 15.8 Å². The van der Waals surface area contributed by atoms with Crippen LogP contribution in [0.25, 0.3) is 0 Å². The molecule has 0 unspecified atom stereocenters. The zero-order valence-electron chi connectivity index (χ0n) is 14.9. The van der Waals surface area contributed by atoms with Gasteiger partial charge in [-0.2, -0.15) is 0 Å². The van der Waals surface area contributed by atoms with Gasteiger partial charge in [0.1, 0.15) is 0 Å². The van der Waals surface area contributed by atoms with E-state index in [0.717, 1.165) is 5.56 Å². The molecule has 1 heterocycles. The summed E-state index contributed by atoms with van der Waals surface area (Å²) < 4.78 is 10.6. The van der Waals surface area contributed by atoms with Gasteiger partial charge in [0.2, 0.25) is 6.79 Å². The van der Waals surface area contributed by atoms with Crippen LogP contribution in [0.5, 0.6) is 11.5 Å². The summed E-state index contributed by atoms with van der Waals surface area (Å²) in [6.45, 7) is 1.74. The molecule has 8 nitrogen and oxygen atoms in total. The lowest BCUT2D eigenvalue weighted by molar-refractivity contribution is -0.120. The summed E-state index contributed by atoms with van der Waals surface area (Å²) in [4.78, 5) is 28.5. The molecule has 27 heavy (non-hydrogen) atoms. The highest BCUT2D eigenvalue weighted by molar-refractivity contribution is 5.99. The Morgan fingerprint density at radius 3 is 2.52 bits per heavy atom. The van der Waals surface area contributed by atoms with Crippen LogP contribution in [0.15, 0.2) is 47.6 Å². The van der Waals surface area contributed by atoms with E-state index in [0.29, 0.717) is 28.5 Å². The molecule has 0 atom stereocenters. The predicted molar refractivity (Wildman–Crippen MR) is 99.2 cm³/mol. The van der Waals surface area contributed by atoms with Crippen molar-refractivity contribution in [2.45, 2.75) is 6.92 Å². The van der Waals surface area contributed by atoms with Gasteiger partial charge >= 0.3 is 0 Å². The van der Waals surface area contributed by atoms with Gasteiger partial charge in [-0.25, -0.2) is 0 Å². The number of hydrogen-bond donors (Lipinski definition) is 2. The maximum Gasteiger partial charge on any atom is 0.265 e. The maximum absolute atomic E-state index is 11.9. The number of hydrogen-bond acceptors (Lipinski definition) is 6. The van der Waals surface area contributed by atoms with Crippen LogP contribution in [0.2, 0.25) is 0 Å². The number of anilines is 1. The van der Waals surface area contributed by atoms with E-state index in [1.807, 2.05) is 6.07 Å². The van der Waals surface area contributed by atoms with Crippen LogP contribution >= 0.6 is 0 Å². The third-order valence-electron chi connectivity index (χ3n) is 3.85. The van der Waals surface area contributed by atoms with Crippen molar-refractivity contribution in [1.82, 2.24) is 5.32 Å². The molecule has 0 aliphatic carbocycles. The Kier molecular flexibility index (Phi) is 5.55. The highest BCUT2D eigenvalue weighted by atomic mass is 16.7. The molecule has 2 aromatic rings. The van der Waals surface area contributed by atoms with Crippen molar-refractivity contribution in [1.29, 1.82) is 0 Å². The Labute approximate surface area is 156 Å². The van der Waals surface area contributed by atoms with E-state index in [9.17, 15) is 9.59 Å². The molecule has 1 aliphatic heterocycles. The number of oxime groups is 1. The zero-order valence-corrected chi connectivity index (χ0v) is 14.9. The number of amides is 2. The first-order valence-corrected chi connectivity index (χ1v) is 8.25. The summed E-state index contributed by atoms with van der Waals surface area (Å²) in [7, 11) is 1.56. The number of benzene rings is 2. The molecule has 0 aromatic heterocycles. The molecular formula is C19H19N3O5. The molecule has 0 saturated heterocycles. The number of nitrogens with one attached hydrogen (secondary N) is 2. The van der Waals surface area contributed by atoms with E-state index >= 15 is 0 Å². The SMILES string of the molecule is CNC(=O)c1ccc(NC(=O)CO/N=C(/C)c2ccc3c(c2)OCO3)cc1. The fourth-order valence-corrected chi connectivity index (χ4v) is 2.41. The zero-order chi connectivity index (χ0) is 19.2. The van der Waals surface area contributed by atoms with Gasteiger partial charge in [-0.15, -0.1) is 0 Å². The quantitative estimate of drug-likeness (QED) is 0.601. The molecular weight excluding hydrogens is 350 g/mol. The van der Waals surface area contributed by atoms with Crippen LogP contribution in [0.3, 0.4) is 0 Å². The Bertz CT molecular complexity index is 877. The second-order valence-electron chi connectivity index (χ2n) is 5.72. The van der Waals surface area contributed by atoms with Crippen LogP contribution in [0.4, 0.5) is 5.69 Å². The Morgan fingerprint density at radius 1 is 1.07 bits per heavy atom. The molecule has 3 rings (SSSR count). The van der Waals surface area contributed by atoms with Crippen molar-refractivity contribution in [2.75, 3.05) is 25.8 Å². The van der Waals surface area contributed by atoms with Crippen molar-refractivity contribution in [3.8, 4) is 11.5 Å². The lowest BCUT2D eigenvalue weighted by Gasteiger charge is -2.06. The van der Waals surface area contributed by atoms with Gasteiger partial charge in [0, 0.05) is 23.9 Å².